The van der Waals surface area contributed by atoms with Gasteiger partial charge in [0.25, 0.3) is 0 Å². The van der Waals surface area contributed by atoms with Crippen LogP contribution in [0.25, 0.3) is 10.8 Å². The molecule has 1 saturated carbocycles. The molecule has 4 heteroatoms. The third-order valence-corrected chi connectivity index (χ3v) is 6.32. The van der Waals surface area contributed by atoms with Gasteiger partial charge in [-0.15, -0.1) is 0 Å². The highest BCUT2D eigenvalue weighted by Gasteiger charge is 2.31. The van der Waals surface area contributed by atoms with Gasteiger partial charge >= 0.3 is 0 Å². The zero-order chi connectivity index (χ0) is 19.3. The topological polar surface area (TPSA) is 34.1 Å². The molecule has 1 heterocycles. The van der Waals surface area contributed by atoms with Crippen LogP contribution in [0.2, 0.25) is 0 Å². The number of oxime groups is 1. The van der Waals surface area contributed by atoms with Gasteiger partial charge in [-0.1, -0.05) is 36.2 Å². The van der Waals surface area contributed by atoms with E-state index >= 15 is 0 Å². The molecule has 2 fully saturated rings. The van der Waals surface area contributed by atoms with Crippen molar-refractivity contribution in [2.75, 3.05) is 26.8 Å². The molecule has 1 aliphatic heterocycles. The van der Waals surface area contributed by atoms with Gasteiger partial charge in [0.15, 0.2) is 0 Å². The lowest BCUT2D eigenvalue weighted by molar-refractivity contribution is 0.136. The number of ether oxygens (including phenoxy) is 1. The maximum absolute atomic E-state index is 5.56. The zero-order valence-electron chi connectivity index (χ0n) is 17.2. The number of fused-ring (bicyclic) bond motifs is 1. The predicted molar refractivity (Wildman–Crippen MR) is 115 cm³/mol. The Kier molecular flexibility index (Phi) is 6.16. The first-order valence-corrected chi connectivity index (χ1v) is 10.8. The van der Waals surface area contributed by atoms with Gasteiger partial charge in [0.2, 0.25) is 0 Å². The molecule has 4 nitrogen and oxygen atoms in total. The minimum atomic E-state index is 0.441. The highest BCUT2D eigenvalue weighted by molar-refractivity contribution is 6.04. The molecule has 0 N–H and O–H groups in total. The molecule has 0 amide bonds. The lowest BCUT2D eigenvalue weighted by atomic mass is 9.87. The van der Waals surface area contributed by atoms with Crippen LogP contribution in [0.1, 0.15) is 51.0 Å². The van der Waals surface area contributed by atoms with E-state index in [1.165, 1.54) is 61.4 Å². The molecular formula is C24H32N2O2. The van der Waals surface area contributed by atoms with E-state index in [-0.39, 0.29) is 0 Å². The molecule has 0 bridgehead atoms. The number of nitrogens with zero attached hydrogens (tertiary/aromatic N) is 2. The molecule has 150 valence electrons. The molecule has 0 radical (unpaired) electrons. The van der Waals surface area contributed by atoms with Crippen molar-refractivity contribution in [1.29, 1.82) is 0 Å². The number of piperidine rings is 1. The van der Waals surface area contributed by atoms with Crippen LogP contribution in [0.4, 0.5) is 0 Å². The van der Waals surface area contributed by atoms with E-state index in [9.17, 15) is 0 Å². The third-order valence-electron chi connectivity index (χ3n) is 6.32. The average Bonchev–Trinajstić information content (AvgIpc) is 3.29. The summed E-state index contributed by atoms with van der Waals surface area (Å²) in [5, 5.41) is 7.01. The molecule has 28 heavy (non-hydrogen) atoms. The smallest absolute Gasteiger partial charge is 0.119 e. The number of methoxy groups -OCH3 is 1. The summed E-state index contributed by atoms with van der Waals surface area (Å²) in [7, 11) is 1.71. The third kappa shape index (κ3) is 4.17. The highest BCUT2D eigenvalue weighted by Crippen LogP contribution is 2.30. The summed E-state index contributed by atoms with van der Waals surface area (Å²) in [5.74, 6) is 1.33. The molecular weight excluding hydrogens is 348 g/mol. The number of rotatable bonds is 6. The molecule has 4 rings (SSSR count). The molecule has 1 aliphatic carbocycles. The largest absolute Gasteiger partial charge is 0.497 e. The van der Waals surface area contributed by atoms with Gasteiger partial charge in [-0.2, -0.15) is 0 Å². The van der Waals surface area contributed by atoms with Crippen molar-refractivity contribution in [2.45, 2.75) is 51.5 Å². The number of benzene rings is 2. The Balaban J connectivity index is 1.61. The van der Waals surface area contributed by atoms with Crippen molar-refractivity contribution in [1.82, 2.24) is 4.90 Å². The summed E-state index contributed by atoms with van der Waals surface area (Å²) in [5.41, 5.74) is 2.30. The lowest BCUT2D eigenvalue weighted by Crippen LogP contribution is -2.43. The minimum absolute atomic E-state index is 0.441. The Labute approximate surface area is 168 Å². The first-order valence-electron chi connectivity index (χ1n) is 10.8. The Morgan fingerprint density at radius 2 is 1.82 bits per heavy atom. The summed E-state index contributed by atoms with van der Waals surface area (Å²) in [4.78, 5) is 8.28. The first-order chi connectivity index (χ1) is 13.8. The van der Waals surface area contributed by atoms with Crippen LogP contribution in [0.3, 0.4) is 0 Å². The molecule has 1 saturated heterocycles. The van der Waals surface area contributed by atoms with Crippen LogP contribution in [0.15, 0.2) is 41.6 Å². The fraction of sp³-hybridized carbons (Fsp3) is 0.542. The van der Waals surface area contributed by atoms with E-state index in [4.69, 9.17) is 9.57 Å². The van der Waals surface area contributed by atoms with E-state index in [0.717, 1.165) is 24.0 Å². The van der Waals surface area contributed by atoms with Gasteiger partial charge < -0.3 is 9.57 Å². The lowest BCUT2D eigenvalue weighted by Gasteiger charge is -2.37. The minimum Gasteiger partial charge on any atom is -0.497 e. The maximum atomic E-state index is 5.56. The van der Waals surface area contributed by atoms with Crippen molar-refractivity contribution < 1.29 is 9.57 Å². The molecule has 0 aromatic heterocycles. The number of likely N-dealkylation sites (tertiary alicyclic amines) is 1. The molecule has 2 aromatic rings. The van der Waals surface area contributed by atoms with Crippen molar-refractivity contribution in [3.63, 3.8) is 0 Å². The summed E-state index contributed by atoms with van der Waals surface area (Å²) >= 11 is 0. The molecule has 2 aromatic carbocycles. The quantitative estimate of drug-likeness (QED) is 0.507. The fourth-order valence-electron chi connectivity index (χ4n) is 4.84. The second-order valence-corrected chi connectivity index (χ2v) is 8.09. The fourth-order valence-corrected chi connectivity index (χ4v) is 4.84. The van der Waals surface area contributed by atoms with Crippen molar-refractivity contribution in [3.8, 4) is 5.75 Å². The van der Waals surface area contributed by atoms with Gasteiger partial charge in [-0.3, -0.25) is 4.90 Å². The molecule has 1 atom stereocenters. The average molecular weight is 381 g/mol. The second-order valence-electron chi connectivity index (χ2n) is 8.09. The van der Waals surface area contributed by atoms with E-state index in [1.807, 2.05) is 13.0 Å². The summed E-state index contributed by atoms with van der Waals surface area (Å²) in [6.07, 6.45) is 7.94. The number of hydrogen-bond acceptors (Lipinski definition) is 4. The Hall–Kier alpha value is -2.07. The van der Waals surface area contributed by atoms with Gasteiger partial charge in [0.05, 0.1) is 12.8 Å². The summed E-state index contributed by atoms with van der Waals surface area (Å²) in [6, 6.07) is 13.6. The van der Waals surface area contributed by atoms with Crippen LogP contribution < -0.4 is 4.74 Å². The molecule has 2 aliphatic rings. The molecule has 0 spiro atoms. The standard InChI is InChI=1S/C24H32N2O2/c1-3-28-25-24(21-7-6-14-26(17-21)22-8-4-5-9-22)20-11-10-19-16-23(27-2)13-12-18(19)15-20/h10-13,15-16,21-22H,3-9,14,17H2,1-2H3/b25-24-. The predicted octanol–water partition coefficient (Wildman–Crippen LogP) is 5.24. The van der Waals surface area contributed by atoms with Crippen molar-refractivity contribution in [3.05, 3.63) is 42.0 Å². The van der Waals surface area contributed by atoms with Gasteiger partial charge in [-0.25, -0.2) is 0 Å². The first kappa shape index (κ1) is 19.3. The van der Waals surface area contributed by atoms with Crippen LogP contribution >= 0.6 is 0 Å². The highest BCUT2D eigenvalue weighted by atomic mass is 16.6. The van der Waals surface area contributed by atoms with Gasteiger partial charge in [0.1, 0.15) is 12.4 Å². The monoisotopic (exact) mass is 380 g/mol. The van der Waals surface area contributed by atoms with E-state index in [0.29, 0.717) is 12.5 Å². The van der Waals surface area contributed by atoms with Crippen LogP contribution in [0, 0.1) is 5.92 Å². The van der Waals surface area contributed by atoms with E-state index in [1.54, 1.807) is 7.11 Å². The van der Waals surface area contributed by atoms with Crippen molar-refractivity contribution >= 4 is 16.5 Å². The van der Waals surface area contributed by atoms with E-state index < -0.39 is 0 Å². The van der Waals surface area contributed by atoms with Gasteiger partial charge in [0, 0.05) is 24.1 Å². The summed E-state index contributed by atoms with van der Waals surface area (Å²) < 4.78 is 5.36. The van der Waals surface area contributed by atoms with Gasteiger partial charge in [-0.05, 0) is 68.1 Å². The van der Waals surface area contributed by atoms with Crippen molar-refractivity contribution in [2.24, 2.45) is 11.1 Å². The Morgan fingerprint density at radius 3 is 2.61 bits per heavy atom. The Bertz CT molecular complexity index is 826. The normalized spacial score (nSPS) is 21.9. The van der Waals surface area contributed by atoms with Crippen LogP contribution in [-0.4, -0.2) is 43.5 Å². The second kappa shape index (κ2) is 8.95. The van der Waals surface area contributed by atoms with Crippen LogP contribution in [-0.2, 0) is 4.84 Å². The Morgan fingerprint density at radius 1 is 1.04 bits per heavy atom. The maximum Gasteiger partial charge on any atom is 0.119 e. The molecule has 1 unspecified atom stereocenters. The van der Waals surface area contributed by atoms with Crippen LogP contribution in [0.5, 0.6) is 5.75 Å². The van der Waals surface area contributed by atoms with E-state index in [2.05, 4.69) is 40.4 Å². The SMILES string of the molecule is CCO/N=C(/c1ccc2cc(OC)ccc2c1)C1CCCN(C2CCCC2)C1. The number of hydrogen-bond donors (Lipinski definition) is 0. The zero-order valence-corrected chi connectivity index (χ0v) is 17.2. The summed E-state index contributed by atoms with van der Waals surface area (Å²) in [6.45, 7) is 4.95.